The molecule has 2 aromatic rings. The SMILES string of the molecule is CNCc1ccccc1NC(=O)c1cc(COC)on1.Cl. The summed E-state index contributed by atoms with van der Waals surface area (Å²) in [4.78, 5) is 12.1. The molecule has 0 spiro atoms. The molecule has 1 heterocycles. The number of para-hydroxylation sites is 1. The van der Waals surface area contributed by atoms with Crippen LogP contribution in [0.4, 0.5) is 5.69 Å². The number of aromatic nitrogens is 1. The highest BCUT2D eigenvalue weighted by molar-refractivity contribution is 6.03. The van der Waals surface area contributed by atoms with Crippen LogP contribution in [0.5, 0.6) is 0 Å². The van der Waals surface area contributed by atoms with Crippen LogP contribution < -0.4 is 10.6 Å². The molecule has 0 radical (unpaired) electrons. The molecular formula is C14H18ClN3O3. The molecule has 2 N–H and O–H groups in total. The second kappa shape index (κ2) is 8.41. The number of hydrogen-bond acceptors (Lipinski definition) is 5. The third kappa shape index (κ3) is 4.56. The van der Waals surface area contributed by atoms with Gasteiger partial charge in [-0.25, -0.2) is 0 Å². The Kier molecular flexibility index (Phi) is 6.87. The van der Waals surface area contributed by atoms with Crippen LogP contribution in [0, 0.1) is 0 Å². The minimum Gasteiger partial charge on any atom is -0.377 e. The average molecular weight is 312 g/mol. The molecule has 6 nitrogen and oxygen atoms in total. The van der Waals surface area contributed by atoms with Crippen LogP contribution in [0.25, 0.3) is 0 Å². The summed E-state index contributed by atoms with van der Waals surface area (Å²) in [6.45, 7) is 0.959. The molecule has 0 saturated carbocycles. The molecule has 1 aromatic carbocycles. The minimum absolute atomic E-state index is 0. The molecule has 2 rings (SSSR count). The number of hydrogen-bond donors (Lipinski definition) is 2. The van der Waals surface area contributed by atoms with Crippen molar-refractivity contribution in [1.29, 1.82) is 0 Å². The monoisotopic (exact) mass is 311 g/mol. The lowest BCUT2D eigenvalue weighted by Gasteiger charge is -2.09. The first-order valence-corrected chi connectivity index (χ1v) is 6.23. The van der Waals surface area contributed by atoms with E-state index in [0.717, 1.165) is 11.3 Å². The summed E-state index contributed by atoms with van der Waals surface area (Å²) in [6.07, 6.45) is 0. The van der Waals surface area contributed by atoms with Gasteiger partial charge in [0, 0.05) is 25.4 Å². The summed E-state index contributed by atoms with van der Waals surface area (Å²) >= 11 is 0. The second-order valence-corrected chi connectivity index (χ2v) is 4.25. The van der Waals surface area contributed by atoms with Gasteiger partial charge in [-0.05, 0) is 18.7 Å². The van der Waals surface area contributed by atoms with Crippen LogP contribution in [-0.4, -0.2) is 25.2 Å². The molecule has 1 aromatic heterocycles. The third-order valence-electron chi connectivity index (χ3n) is 2.71. The number of methoxy groups -OCH3 is 1. The van der Waals surface area contributed by atoms with Crippen molar-refractivity contribution in [3.8, 4) is 0 Å². The lowest BCUT2D eigenvalue weighted by atomic mass is 10.1. The average Bonchev–Trinajstić information content (AvgIpc) is 2.90. The van der Waals surface area contributed by atoms with E-state index in [1.54, 1.807) is 13.2 Å². The molecule has 0 fully saturated rings. The first kappa shape index (κ1) is 17.2. The van der Waals surface area contributed by atoms with Crippen molar-refractivity contribution in [1.82, 2.24) is 10.5 Å². The first-order valence-electron chi connectivity index (χ1n) is 6.23. The molecule has 21 heavy (non-hydrogen) atoms. The van der Waals surface area contributed by atoms with Gasteiger partial charge >= 0.3 is 0 Å². The van der Waals surface area contributed by atoms with E-state index in [4.69, 9.17) is 9.26 Å². The number of amides is 1. The minimum atomic E-state index is -0.306. The van der Waals surface area contributed by atoms with E-state index in [9.17, 15) is 4.79 Å². The predicted octanol–water partition coefficient (Wildman–Crippen LogP) is 2.21. The van der Waals surface area contributed by atoms with Gasteiger partial charge in [0.25, 0.3) is 5.91 Å². The van der Waals surface area contributed by atoms with Crippen molar-refractivity contribution < 1.29 is 14.1 Å². The van der Waals surface area contributed by atoms with Gasteiger partial charge in [-0.1, -0.05) is 23.4 Å². The summed E-state index contributed by atoms with van der Waals surface area (Å²) in [5.41, 5.74) is 1.99. The Morgan fingerprint density at radius 1 is 1.38 bits per heavy atom. The molecule has 0 saturated heterocycles. The molecule has 0 aliphatic carbocycles. The van der Waals surface area contributed by atoms with Crippen molar-refractivity contribution in [2.24, 2.45) is 0 Å². The highest BCUT2D eigenvalue weighted by Gasteiger charge is 2.13. The molecule has 7 heteroatoms. The molecule has 0 unspecified atom stereocenters. The van der Waals surface area contributed by atoms with Gasteiger partial charge in [0.1, 0.15) is 6.61 Å². The zero-order valence-corrected chi connectivity index (χ0v) is 12.7. The van der Waals surface area contributed by atoms with Gasteiger partial charge in [-0.2, -0.15) is 0 Å². The molecule has 0 atom stereocenters. The lowest BCUT2D eigenvalue weighted by Crippen LogP contribution is -2.15. The fourth-order valence-electron chi connectivity index (χ4n) is 1.80. The first-order chi connectivity index (χ1) is 9.74. The van der Waals surface area contributed by atoms with Gasteiger partial charge in [-0.15, -0.1) is 12.4 Å². The fraction of sp³-hybridized carbons (Fsp3) is 0.286. The highest BCUT2D eigenvalue weighted by Crippen LogP contribution is 2.16. The van der Waals surface area contributed by atoms with Crippen molar-refractivity contribution in [2.75, 3.05) is 19.5 Å². The van der Waals surface area contributed by atoms with Crippen LogP contribution in [0.1, 0.15) is 21.8 Å². The summed E-state index contributed by atoms with van der Waals surface area (Å²) in [6, 6.07) is 9.16. The summed E-state index contributed by atoms with van der Waals surface area (Å²) < 4.78 is 9.91. The van der Waals surface area contributed by atoms with Crippen LogP contribution >= 0.6 is 12.4 Å². The highest BCUT2D eigenvalue weighted by atomic mass is 35.5. The largest absolute Gasteiger partial charge is 0.377 e. The quantitative estimate of drug-likeness (QED) is 0.855. The normalized spacial score (nSPS) is 10.0. The van der Waals surface area contributed by atoms with E-state index in [1.165, 1.54) is 0 Å². The summed E-state index contributed by atoms with van der Waals surface area (Å²) in [7, 11) is 3.41. The zero-order valence-electron chi connectivity index (χ0n) is 11.9. The van der Waals surface area contributed by atoms with E-state index in [2.05, 4.69) is 15.8 Å². The molecule has 1 amide bonds. The maximum absolute atomic E-state index is 12.1. The smallest absolute Gasteiger partial charge is 0.277 e. The number of benzene rings is 1. The molecule has 114 valence electrons. The summed E-state index contributed by atoms with van der Waals surface area (Å²) in [5.74, 6) is 0.209. The zero-order chi connectivity index (χ0) is 14.4. The fourth-order valence-corrected chi connectivity index (χ4v) is 1.80. The Balaban J connectivity index is 0.00000220. The third-order valence-corrected chi connectivity index (χ3v) is 2.71. The Morgan fingerprint density at radius 3 is 2.86 bits per heavy atom. The maximum Gasteiger partial charge on any atom is 0.277 e. The van der Waals surface area contributed by atoms with Gasteiger partial charge in [0.15, 0.2) is 11.5 Å². The Hall–Kier alpha value is -1.89. The van der Waals surface area contributed by atoms with E-state index < -0.39 is 0 Å². The molecular weight excluding hydrogens is 294 g/mol. The topological polar surface area (TPSA) is 76.4 Å². The van der Waals surface area contributed by atoms with Crippen LogP contribution in [-0.2, 0) is 17.9 Å². The maximum atomic E-state index is 12.1. The van der Waals surface area contributed by atoms with Crippen LogP contribution in [0.2, 0.25) is 0 Å². The Morgan fingerprint density at radius 2 is 2.14 bits per heavy atom. The standard InChI is InChI=1S/C14H17N3O3.ClH/c1-15-8-10-5-3-4-6-12(10)16-14(18)13-7-11(9-19-2)20-17-13;/h3-7,15H,8-9H2,1-2H3,(H,16,18);1H. The van der Waals surface area contributed by atoms with Crippen molar-refractivity contribution in [3.63, 3.8) is 0 Å². The molecule has 0 aliphatic heterocycles. The van der Waals surface area contributed by atoms with Crippen molar-refractivity contribution in [2.45, 2.75) is 13.2 Å². The number of nitrogens with one attached hydrogen (secondary N) is 2. The van der Waals surface area contributed by atoms with E-state index >= 15 is 0 Å². The van der Waals surface area contributed by atoms with E-state index in [0.29, 0.717) is 12.3 Å². The number of carbonyl (C=O) groups excluding carboxylic acids is 1. The van der Waals surface area contributed by atoms with Gasteiger partial charge in [0.2, 0.25) is 0 Å². The predicted molar refractivity (Wildman–Crippen MR) is 81.6 cm³/mol. The second-order valence-electron chi connectivity index (χ2n) is 4.25. The number of rotatable bonds is 6. The van der Waals surface area contributed by atoms with Crippen molar-refractivity contribution in [3.05, 3.63) is 47.3 Å². The molecule has 0 bridgehead atoms. The Bertz CT molecular complexity index is 586. The number of nitrogens with zero attached hydrogens (tertiary/aromatic N) is 1. The number of anilines is 1. The van der Waals surface area contributed by atoms with E-state index in [-0.39, 0.29) is 30.6 Å². The van der Waals surface area contributed by atoms with Gasteiger partial charge in [-0.3, -0.25) is 4.79 Å². The van der Waals surface area contributed by atoms with Gasteiger partial charge in [0.05, 0.1) is 0 Å². The van der Waals surface area contributed by atoms with Crippen molar-refractivity contribution >= 4 is 24.0 Å². The Labute approximate surface area is 129 Å². The number of ether oxygens (including phenoxy) is 1. The molecule has 0 aliphatic rings. The van der Waals surface area contributed by atoms with Gasteiger partial charge < -0.3 is 19.9 Å². The van der Waals surface area contributed by atoms with E-state index in [1.807, 2.05) is 31.3 Å². The van der Waals surface area contributed by atoms with Crippen LogP contribution in [0.3, 0.4) is 0 Å². The lowest BCUT2D eigenvalue weighted by molar-refractivity contribution is 0.101. The number of halogens is 1. The number of carbonyl (C=O) groups is 1. The van der Waals surface area contributed by atoms with Crippen LogP contribution in [0.15, 0.2) is 34.9 Å². The summed E-state index contributed by atoms with van der Waals surface area (Å²) in [5, 5.41) is 9.60.